The Balaban J connectivity index is 2.15. The van der Waals surface area contributed by atoms with Gasteiger partial charge in [0.1, 0.15) is 5.82 Å². The van der Waals surface area contributed by atoms with Crippen LogP contribution in [0, 0.1) is 0 Å². The second-order valence-electron chi connectivity index (χ2n) is 5.21. The van der Waals surface area contributed by atoms with Gasteiger partial charge in [0.25, 0.3) is 0 Å². The van der Waals surface area contributed by atoms with Gasteiger partial charge in [0, 0.05) is 13.0 Å². The van der Waals surface area contributed by atoms with Gasteiger partial charge in [0.2, 0.25) is 0 Å². The third kappa shape index (κ3) is 3.33. The molecule has 4 heteroatoms. The van der Waals surface area contributed by atoms with Crippen LogP contribution < -0.4 is 0 Å². The molecule has 1 heterocycles. The summed E-state index contributed by atoms with van der Waals surface area (Å²) in [7, 11) is 4.04. The van der Waals surface area contributed by atoms with E-state index < -0.39 is 0 Å². The van der Waals surface area contributed by atoms with Gasteiger partial charge in [-0.2, -0.15) is 0 Å². The van der Waals surface area contributed by atoms with Crippen molar-refractivity contribution in [1.82, 2.24) is 14.5 Å². The fourth-order valence-corrected chi connectivity index (χ4v) is 2.35. The van der Waals surface area contributed by atoms with E-state index in [1.54, 1.807) is 0 Å². The van der Waals surface area contributed by atoms with E-state index in [9.17, 15) is 5.11 Å². The summed E-state index contributed by atoms with van der Waals surface area (Å²) in [6.07, 6.45) is 1.07. The lowest BCUT2D eigenvalue weighted by Crippen LogP contribution is -2.22. The first-order chi connectivity index (χ1) is 9.11. The number of aryl methyl sites for hydroxylation is 1. The normalized spacial score (nSPS) is 13.3. The largest absolute Gasteiger partial charge is 0.393 e. The van der Waals surface area contributed by atoms with E-state index in [0.29, 0.717) is 6.42 Å². The number of aliphatic hydroxyl groups excluding tert-OH is 1. The first-order valence-electron chi connectivity index (χ1n) is 6.88. The number of hydrogen-bond acceptors (Lipinski definition) is 3. The zero-order valence-electron chi connectivity index (χ0n) is 12.0. The number of benzene rings is 1. The molecule has 0 aliphatic rings. The molecule has 2 aromatic rings. The molecular formula is C15H23N3O. The standard InChI is InChI=1S/C15H23N3O/c1-4-18-14-8-6-5-7-13(14)16-15(18)11-12(19)9-10-17(2)3/h5-8,12,19H,4,9-11H2,1-3H3. The summed E-state index contributed by atoms with van der Waals surface area (Å²) >= 11 is 0. The third-order valence-electron chi connectivity index (χ3n) is 3.38. The van der Waals surface area contributed by atoms with Gasteiger partial charge in [-0.15, -0.1) is 0 Å². The minimum atomic E-state index is -0.329. The van der Waals surface area contributed by atoms with Crippen LogP contribution >= 0.6 is 0 Å². The molecule has 1 atom stereocenters. The fraction of sp³-hybridized carbons (Fsp3) is 0.533. The lowest BCUT2D eigenvalue weighted by molar-refractivity contribution is 0.149. The zero-order valence-corrected chi connectivity index (χ0v) is 12.0. The Labute approximate surface area is 114 Å². The van der Waals surface area contributed by atoms with Gasteiger partial charge in [0.05, 0.1) is 17.1 Å². The van der Waals surface area contributed by atoms with Crippen molar-refractivity contribution in [3.63, 3.8) is 0 Å². The van der Waals surface area contributed by atoms with Crippen LogP contribution in [0.25, 0.3) is 11.0 Å². The molecule has 0 bridgehead atoms. The molecule has 0 aliphatic carbocycles. The van der Waals surface area contributed by atoms with Crippen LogP contribution in [0.5, 0.6) is 0 Å². The van der Waals surface area contributed by atoms with Crippen LogP contribution in [0.1, 0.15) is 19.2 Å². The molecule has 0 amide bonds. The molecule has 4 nitrogen and oxygen atoms in total. The molecule has 104 valence electrons. The molecule has 1 aromatic carbocycles. The number of hydrogen-bond donors (Lipinski definition) is 1. The van der Waals surface area contributed by atoms with E-state index in [-0.39, 0.29) is 6.10 Å². The van der Waals surface area contributed by atoms with E-state index in [4.69, 9.17) is 0 Å². The van der Waals surface area contributed by atoms with E-state index in [0.717, 1.165) is 36.4 Å². The fourth-order valence-electron chi connectivity index (χ4n) is 2.35. The number of imidazole rings is 1. The van der Waals surface area contributed by atoms with Crippen molar-refractivity contribution in [2.24, 2.45) is 0 Å². The summed E-state index contributed by atoms with van der Waals surface area (Å²) in [6.45, 7) is 3.90. The van der Waals surface area contributed by atoms with Crippen molar-refractivity contribution in [3.8, 4) is 0 Å². The molecule has 1 aromatic heterocycles. The van der Waals surface area contributed by atoms with Crippen molar-refractivity contribution in [1.29, 1.82) is 0 Å². The number of rotatable bonds is 6. The molecule has 1 N–H and O–H groups in total. The average molecular weight is 261 g/mol. The molecule has 0 radical (unpaired) electrons. The van der Waals surface area contributed by atoms with Gasteiger partial charge < -0.3 is 14.6 Å². The maximum atomic E-state index is 10.1. The molecule has 0 fully saturated rings. The molecule has 1 unspecified atom stereocenters. The van der Waals surface area contributed by atoms with E-state index in [2.05, 4.69) is 27.4 Å². The van der Waals surface area contributed by atoms with Crippen LogP contribution in [0.2, 0.25) is 0 Å². The quantitative estimate of drug-likeness (QED) is 0.863. The Morgan fingerprint density at radius 2 is 2.05 bits per heavy atom. The summed E-state index contributed by atoms with van der Waals surface area (Å²) in [5.41, 5.74) is 2.17. The van der Waals surface area contributed by atoms with Gasteiger partial charge in [-0.3, -0.25) is 0 Å². The maximum Gasteiger partial charge on any atom is 0.112 e. The maximum absolute atomic E-state index is 10.1. The van der Waals surface area contributed by atoms with Gasteiger partial charge in [-0.1, -0.05) is 12.1 Å². The topological polar surface area (TPSA) is 41.3 Å². The van der Waals surface area contributed by atoms with Crippen molar-refractivity contribution < 1.29 is 5.11 Å². The summed E-state index contributed by atoms with van der Waals surface area (Å²) in [6, 6.07) is 8.14. The monoisotopic (exact) mass is 261 g/mol. The zero-order chi connectivity index (χ0) is 13.8. The Morgan fingerprint density at radius 3 is 2.74 bits per heavy atom. The molecule has 0 saturated heterocycles. The van der Waals surface area contributed by atoms with Gasteiger partial charge >= 0.3 is 0 Å². The Morgan fingerprint density at radius 1 is 1.32 bits per heavy atom. The van der Waals surface area contributed by atoms with E-state index >= 15 is 0 Å². The van der Waals surface area contributed by atoms with Crippen LogP contribution in [-0.2, 0) is 13.0 Å². The number of nitrogens with zero attached hydrogens (tertiary/aromatic N) is 3. The van der Waals surface area contributed by atoms with Crippen LogP contribution in [0.15, 0.2) is 24.3 Å². The summed E-state index contributed by atoms with van der Waals surface area (Å²) in [5.74, 6) is 0.981. The van der Waals surface area contributed by atoms with Crippen LogP contribution in [0.4, 0.5) is 0 Å². The average Bonchev–Trinajstić information content (AvgIpc) is 2.73. The van der Waals surface area contributed by atoms with Gasteiger partial charge in [-0.25, -0.2) is 4.98 Å². The summed E-state index contributed by atoms with van der Waals surface area (Å²) in [4.78, 5) is 6.73. The van der Waals surface area contributed by atoms with Crippen molar-refractivity contribution in [2.45, 2.75) is 32.4 Å². The number of fused-ring (bicyclic) bond motifs is 1. The Kier molecular flexibility index (Phi) is 4.56. The first kappa shape index (κ1) is 14.0. The lowest BCUT2D eigenvalue weighted by atomic mass is 10.1. The highest BCUT2D eigenvalue weighted by molar-refractivity contribution is 5.75. The number of aliphatic hydroxyl groups is 1. The molecule has 0 spiro atoms. The van der Waals surface area contributed by atoms with E-state index in [1.165, 1.54) is 0 Å². The number of aromatic nitrogens is 2. The van der Waals surface area contributed by atoms with Crippen molar-refractivity contribution in [2.75, 3.05) is 20.6 Å². The minimum absolute atomic E-state index is 0.329. The second-order valence-corrected chi connectivity index (χ2v) is 5.21. The highest BCUT2D eigenvalue weighted by Gasteiger charge is 2.13. The summed E-state index contributed by atoms with van der Waals surface area (Å²) in [5, 5.41) is 10.1. The van der Waals surface area contributed by atoms with Gasteiger partial charge in [-0.05, 0) is 46.1 Å². The SMILES string of the molecule is CCn1c(CC(O)CCN(C)C)nc2ccccc21. The highest BCUT2D eigenvalue weighted by atomic mass is 16.3. The molecule has 0 aliphatic heterocycles. The Bertz CT molecular complexity index is 533. The summed E-state index contributed by atoms with van der Waals surface area (Å²) < 4.78 is 2.19. The molecular weight excluding hydrogens is 238 g/mol. The first-order valence-corrected chi connectivity index (χ1v) is 6.88. The van der Waals surface area contributed by atoms with Crippen molar-refractivity contribution >= 4 is 11.0 Å². The highest BCUT2D eigenvalue weighted by Crippen LogP contribution is 2.17. The van der Waals surface area contributed by atoms with E-state index in [1.807, 2.05) is 32.3 Å². The molecule has 0 saturated carbocycles. The predicted molar refractivity (Wildman–Crippen MR) is 78.3 cm³/mol. The third-order valence-corrected chi connectivity index (χ3v) is 3.38. The predicted octanol–water partition coefficient (Wildman–Crippen LogP) is 1.91. The molecule has 2 rings (SSSR count). The minimum Gasteiger partial charge on any atom is -0.393 e. The van der Waals surface area contributed by atoms with Crippen molar-refractivity contribution in [3.05, 3.63) is 30.1 Å². The number of para-hydroxylation sites is 2. The smallest absolute Gasteiger partial charge is 0.112 e. The van der Waals surface area contributed by atoms with Gasteiger partial charge in [0.15, 0.2) is 0 Å². The van der Waals surface area contributed by atoms with Crippen LogP contribution in [0.3, 0.4) is 0 Å². The van der Waals surface area contributed by atoms with Crippen LogP contribution in [-0.4, -0.2) is 46.3 Å². The Hall–Kier alpha value is -1.39. The second kappa shape index (κ2) is 6.17. The lowest BCUT2D eigenvalue weighted by Gasteiger charge is -2.14. The molecule has 19 heavy (non-hydrogen) atoms.